The zero-order chi connectivity index (χ0) is 15.1. The third-order valence-corrected chi connectivity index (χ3v) is 4.81. The van der Waals surface area contributed by atoms with E-state index in [0.717, 1.165) is 18.8 Å². The van der Waals surface area contributed by atoms with Crippen LogP contribution in [0.15, 0.2) is 41.3 Å². The fourth-order valence-corrected chi connectivity index (χ4v) is 3.21. The number of thiophene rings is 1. The minimum Gasteiger partial charge on any atom is -0.488 e. The van der Waals surface area contributed by atoms with Crippen molar-refractivity contribution in [1.82, 2.24) is 5.32 Å². The molecule has 21 heavy (non-hydrogen) atoms. The summed E-state index contributed by atoms with van der Waals surface area (Å²) in [7, 11) is 0. The first-order chi connectivity index (χ1) is 10.2. The lowest BCUT2D eigenvalue weighted by Gasteiger charge is -2.06. The topological polar surface area (TPSA) is 21.3 Å². The van der Waals surface area contributed by atoms with E-state index in [-0.39, 0.29) is 0 Å². The molecule has 0 saturated heterocycles. The van der Waals surface area contributed by atoms with Crippen molar-refractivity contribution in [3.05, 3.63) is 46.2 Å². The second-order valence-corrected chi connectivity index (χ2v) is 7.49. The largest absolute Gasteiger partial charge is 0.488 e. The van der Waals surface area contributed by atoms with Gasteiger partial charge in [0.05, 0.1) is 0 Å². The molecule has 0 saturated carbocycles. The molecule has 0 atom stereocenters. The highest BCUT2D eigenvalue weighted by Gasteiger charge is 2.02. The molecule has 1 aromatic carbocycles. The van der Waals surface area contributed by atoms with Crippen LogP contribution >= 0.6 is 23.1 Å². The first kappa shape index (κ1) is 16.4. The molecule has 0 aliphatic rings. The van der Waals surface area contributed by atoms with Gasteiger partial charge >= 0.3 is 0 Å². The van der Waals surface area contributed by atoms with Crippen LogP contribution in [0.25, 0.3) is 0 Å². The number of hydrogen-bond acceptors (Lipinski definition) is 4. The molecule has 2 rings (SSSR count). The summed E-state index contributed by atoms with van der Waals surface area (Å²) in [6.45, 7) is 7.11. The molecule has 0 radical (unpaired) electrons. The van der Waals surface area contributed by atoms with E-state index in [2.05, 4.69) is 49.7 Å². The predicted molar refractivity (Wildman–Crippen MR) is 93.4 cm³/mol. The fraction of sp³-hybridized carbons (Fsp3) is 0.412. The third-order valence-electron chi connectivity index (χ3n) is 3.01. The molecule has 0 aliphatic heterocycles. The molecule has 0 bridgehead atoms. The summed E-state index contributed by atoms with van der Waals surface area (Å²) in [5, 5.41) is 3.47. The lowest BCUT2D eigenvalue weighted by atomic mass is 10.2. The minimum absolute atomic E-state index is 0.646. The van der Waals surface area contributed by atoms with E-state index in [0.29, 0.717) is 12.5 Å². The van der Waals surface area contributed by atoms with E-state index in [1.165, 1.54) is 14.6 Å². The molecule has 1 N–H and O–H groups in total. The summed E-state index contributed by atoms with van der Waals surface area (Å²) in [5.41, 5.74) is 0. The Morgan fingerprint density at radius 1 is 1.10 bits per heavy atom. The number of hydrogen-bond donors (Lipinski definition) is 1. The van der Waals surface area contributed by atoms with Crippen LogP contribution in [0.3, 0.4) is 0 Å². The highest BCUT2D eigenvalue weighted by Crippen LogP contribution is 2.22. The van der Waals surface area contributed by atoms with Crippen molar-refractivity contribution in [3.8, 4) is 5.75 Å². The number of nitrogens with one attached hydrogen (secondary N) is 1. The van der Waals surface area contributed by atoms with Crippen LogP contribution in [0.1, 0.15) is 23.6 Å². The minimum atomic E-state index is 0.646. The highest BCUT2D eigenvalue weighted by atomic mass is 32.2. The van der Waals surface area contributed by atoms with Gasteiger partial charge < -0.3 is 10.1 Å². The second-order valence-electron chi connectivity index (χ2n) is 5.36. The quantitative estimate of drug-likeness (QED) is 0.706. The van der Waals surface area contributed by atoms with Crippen molar-refractivity contribution >= 4 is 23.1 Å². The molecule has 1 aromatic heterocycles. The van der Waals surface area contributed by atoms with Crippen molar-refractivity contribution in [2.75, 3.05) is 12.8 Å². The van der Waals surface area contributed by atoms with E-state index >= 15 is 0 Å². The SMILES string of the molecule is CSc1ccc(OCc2ccc(CNCC(C)C)s2)cc1. The average molecular weight is 322 g/mol. The number of rotatable bonds is 8. The molecule has 0 unspecified atom stereocenters. The lowest BCUT2D eigenvalue weighted by Crippen LogP contribution is -2.18. The zero-order valence-electron chi connectivity index (χ0n) is 12.9. The van der Waals surface area contributed by atoms with Crippen molar-refractivity contribution in [1.29, 1.82) is 0 Å². The van der Waals surface area contributed by atoms with Gasteiger partial charge in [0.1, 0.15) is 12.4 Å². The van der Waals surface area contributed by atoms with E-state index in [4.69, 9.17) is 4.74 Å². The van der Waals surface area contributed by atoms with Crippen molar-refractivity contribution < 1.29 is 4.74 Å². The van der Waals surface area contributed by atoms with Gasteiger partial charge in [-0.3, -0.25) is 0 Å². The second kappa shape index (κ2) is 8.47. The van der Waals surface area contributed by atoms with E-state index in [9.17, 15) is 0 Å². The summed E-state index contributed by atoms with van der Waals surface area (Å²) < 4.78 is 5.83. The summed E-state index contributed by atoms with van der Waals surface area (Å²) in [6, 6.07) is 12.6. The van der Waals surface area contributed by atoms with Crippen LogP contribution in [0.5, 0.6) is 5.75 Å². The number of ether oxygens (including phenoxy) is 1. The van der Waals surface area contributed by atoms with Crippen LogP contribution in [-0.2, 0) is 13.2 Å². The molecule has 114 valence electrons. The first-order valence-electron chi connectivity index (χ1n) is 7.22. The maximum Gasteiger partial charge on any atom is 0.122 e. The molecule has 0 aliphatic carbocycles. The van der Waals surface area contributed by atoms with E-state index in [1.54, 1.807) is 11.8 Å². The normalized spacial score (nSPS) is 11.0. The Hall–Kier alpha value is -0.970. The summed E-state index contributed by atoms with van der Waals surface area (Å²) >= 11 is 3.56. The van der Waals surface area contributed by atoms with Gasteiger partial charge in [-0.05, 0) is 55.1 Å². The van der Waals surface area contributed by atoms with Crippen LogP contribution in [-0.4, -0.2) is 12.8 Å². The summed E-state index contributed by atoms with van der Waals surface area (Å²) in [4.78, 5) is 3.90. The van der Waals surface area contributed by atoms with Gasteiger partial charge in [0.2, 0.25) is 0 Å². The molecule has 0 spiro atoms. The van der Waals surface area contributed by atoms with Gasteiger partial charge in [0.15, 0.2) is 0 Å². The third kappa shape index (κ3) is 5.73. The molecule has 0 fully saturated rings. The van der Waals surface area contributed by atoms with E-state index in [1.807, 2.05) is 23.5 Å². The smallest absolute Gasteiger partial charge is 0.122 e. The summed E-state index contributed by atoms with van der Waals surface area (Å²) in [6.07, 6.45) is 2.08. The van der Waals surface area contributed by atoms with Gasteiger partial charge in [0, 0.05) is 21.2 Å². The van der Waals surface area contributed by atoms with Crippen LogP contribution in [0.4, 0.5) is 0 Å². The Bertz CT molecular complexity index is 534. The Morgan fingerprint density at radius 2 is 1.81 bits per heavy atom. The van der Waals surface area contributed by atoms with Gasteiger partial charge in [-0.25, -0.2) is 0 Å². The monoisotopic (exact) mass is 321 g/mol. The Labute approximate surface area is 135 Å². The average Bonchev–Trinajstić information content (AvgIpc) is 2.93. The van der Waals surface area contributed by atoms with E-state index < -0.39 is 0 Å². The molecule has 2 nitrogen and oxygen atoms in total. The molecule has 4 heteroatoms. The summed E-state index contributed by atoms with van der Waals surface area (Å²) in [5.74, 6) is 1.62. The predicted octanol–water partition coefficient (Wildman–Crippen LogP) is 4.79. The van der Waals surface area contributed by atoms with Crippen LogP contribution in [0, 0.1) is 5.92 Å². The Balaban J connectivity index is 1.79. The van der Waals surface area contributed by atoms with Gasteiger partial charge in [-0.15, -0.1) is 23.1 Å². The maximum absolute atomic E-state index is 5.83. The number of thioether (sulfide) groups is 1. The van der Waals surface area contributed by atoms with Crippen LogP contribution < -0.4 is 10.1 Å². The Kier molecular flexibility index (Phi) is 6.61. The van der Waals surface area contributed by atoms with Crippen molar-refractivity contribution in [2.45, 2.75) is 31.9 Å². The fourth-order valence-electron chi connectivity index (χ4n) is 1.91. The van der Waals surface area contributed by atoms with Crippen molar-refractivity contribution in [3.63, 3.8) is 0 Å². The van der Waals surface area contributed by atoms with Crippen LogP contribution in [0.2, 0.25) is 0 Å². The lowest BCUT2D eigenvalue weighted by molar-refractivity contribution is 0.309. The number of benzene rings is 1. The van der Waals surface area contributed by atoms with Gasteiger partial charge in [-0.1, -0.05) is 13.8 Å². The molecular formula is C17H23NOS2. The molecule has 0 amide bonds. The van der Waals surface area contributed by atoms with Crippen molar-refractivity contribution in [2.24, 2.45) is 5.92 Å². The zero-order valence-corrected chi connectivity index (χ0v) is 14.5. The maximum atomic E-state index is 5.83. The van der Waals surface area contributed by atoms with Gasteiger partial charge in [-0.2, -0.15) is 0 Å². The molecular weight excluding hydrogens is 298 g/mol. The molecule has 2 aromatic rings. The van der Waals surface area contributed by atoms with Gasteiger partial charge in [0.25, 0.3) is 0 Å². The molecule has 1 heterocycles. The standard InChI is InChI=1S/C17H23NOS2/c1-13(2)10-18-11-16-8-9-17(21-16)12-19-14-4-6-15(20-3)7-5-14/h4-9,13,18H,10-12H2,1-3H3. The Morgan fingerprint density at radius 3 is 2.48 bits per heavy atom. The first-order valence-corrected chi connectivity index (χ1v) is 9.26. The highest BCUT2D eigenvalue weighted by molar-refractivity contribution is 7.98.